The van der Waals surface area contributed by atoms with Crippen LogP contribution in [0.3, 0.4) is 0 Å². The van der Waals surface area contributed by atoms with Crippen molar-refractivity contribution in [2.75, 3.05) is 0 Å². The van der Waals surface area contributed by atoms with Crippen LogP contribution in [0.2, 0.25) is 0 Å². The van der Waals surface area contributed by atoms with Crippen molar-refractivity contribution < 1.29 is 14.6 Å². The number of phenols is 1. The predicted molar refractivity (Wildman–Crippen MR) is 84.3 cm³/mol. The van der Waals surface area contributed by atoms with Crippen LogP contribution < -0.4 is 0 Å². The minimum atomic E-state index is -0.514. The molecule has 21 heavy (non-hydrogen) atoms. The Morgan fingerprint density at radius 1 is 1.38 bits per heavy atom. The molecular weight excluding hydrogens is 266 g/mol. The second kappa shape index (κ2) is 7.34. The summed E-state index contributed by atoms with van der Waals surface area (Å²) in [5.41, 5.74) is 0.379. The zero-order valence-electron chi connectivity index (χ0n) is 13.7. The van der Waals surface area contributed by atoms with Gasteiger partial charge in [-0.25, -0.2) is 4.79 Å². The van der Waals surface area contributed by atoms with Gasteiger partial charge in [-0.2, -0.15) is 0 Å². The number of hydrogen-bond acceptors (Lipinski definition) is 3. The van der Waals surface area contributed by atoms with Gasteiger partial charge >= 0.3 is 6.09 Å². The first-order valence-electron chi connectivity index (χ1n) is 7.50. The van der Waals surface area contributed by atoms with Gasteiger partial charge in [-0.3, -0.25) is 0 Å². The second-order valence-corrected chi connectivity index (χ2v) is 6.42. The van der Waals surface area contributed by atoms with E-state index in [1.54, 1.807) is 23.1 Å². The highest BCUT2D eigenvalue weighted by Gasteiger charge is 2.25. The summed E-state index contributed by atoms with van der Waals surface area (Å²) in [5, 5.41) is 9.56. The zero-order valence-corrected chi connectivity index (χ0v) is 13.7. The lowest BCUT2D eigenvalue weighted by Gasteiger charge is -2.31. The summed E-state index contributed by atoms with van der Waals surface area (Å²) in [6.07, 6.45) is 1.60. The maximum absolute atomic E-state index is 12.4. The molecule has 1 amide bonds. The molecule has 0 aliphatic heterocycles. The number of phenolic OH excluding ortho intramolecular Hbond substituents is 1. The molecule has 0 heterocycles. The normalized spacial score (nSPS) is 12.8. The average molecular weight is 293 g/mol. The lowest BCUT2D eigenvalue weighted by Crippen LogP contribution is -2.41. The van der Waals surface area contributed by atoms with E-state index in [2.05, 4.69) is 6.92 Å². The number of carbonyl (C=O) groups is 1. The number of amides is 1. The molecule has 1 rings (SSSR count). The van der Waals surface area contributed by atoms with E-state index in [1.807, 2.05) is 33.8 Å². The summed E-state index contributed by atoms with van der Waals surface area (Å²) >= 11 is 0. The van der Waals surface area contributed by atoms with Gasteiger partial charge in [0.2, 0.25) is 0 Å². The Kier molecular flexibility index (Phi) is 6.06. The van der Waals surface area contributed by atoms with Gasteiger partial charge in [0.05, 0.1) is 0 Å². The molecule has 1 unspecified atom stereocenters. The van der Waals surface area contributed by atoms with Gasteiger partial charge in [0.1, 0.15) is 11.4 Å². The summed E-state index contributed by atoms with van der Waals surface area (Å²) in [6.45, 7) is 10.1. The minimum absolute atomic E-state index is 0.0900. The number of nitrogens with zero attached hydrogens (tertiary/aromatic N) is 1. The molecule has 0 aliphatic rings. The molecule has 1 aromatic carbocycles. The van der Waals surface area contributed by atoms with E-state index in [0.29, 0.717) is 6.54 Å². The third kappa shape index (κ3) is 6.06. The second-order valence-electron chi connectivity index (χ2n) is 6.42. The Labute approximate surface area is 127 Å². The van der Waals surface area contributed by atoms with Crippen molar-refractivity contribution in [2.24, 2.45) is 0 Å². The van der Waals surface area contributed by atoms with Gasteiger partial charge < -0.3 is 14.7 Å². The number of ether oxygens (including phenoxy) is 1. The van der Waals surface area contributed by atoms with Crippen molar-refractivity contribution in [1.82, 2.24) is 4.90 Å². The minimum Gasteiger partial charge on any atom is -0.508 e. The number of benzene rings is 1. The van der Waals surface area contributed by atoms with Crippen LogP contribution in [0.5, 0.6) is 5.75 Å². The van der Waals surface area contributed by atoms with E-state index >= 15 is 0 Å². The molecule has 4 heteroatoms. The monoisotopic (exact) mass is 293 g/mol. The average Bonchev–Trinajstić information content (AvgIpc) is 2.34. The summed E-state index contributed by atoms with van der Waals surface area (Å²) in [7, 11) is 0. The van der Waals surface area contributed by atoms with E-state index in [9.17, 15) is 9.90 Å². The first-order chi connectivity index (χ1) is 9.73. The van der Waals surface area contributed by atoms with Crippen molar-refractivity contribution >= 4 is 6.09 Å². The van der Waals surface area contributed by atoms with Gasteiger partial charge in [0.25, 0.3) is 0 Å². The van der Waals surface area contributed by atoms with E-state index < -0.39 is 5.60 Å². The molecule has 1 N–H and O–H groups in total. The van der Waals surface area contributed by atoms with Crippen LogP contribution in [-0.4, -0.2) is 27.7 Å². The quantitative estimate of drug-likeness (QED) is 0.879. The molecular formula is C17H27NO3. The van der Waals surface area contributed by atoms with E-state index in [1.165, 1.54) is 0 Å². The van der Waals surface area contributed by atoms with Gasteiger partial charge in [-0.1, -0.05) is 25.5 Å². The Balaban J connectivity index is 2.89. The van der Waals surface area contributed by atoms with Gasteiger partial charge in [0, 0.05) is 12.6 Å². The maximum atomic E-state index is 12.4. The third-order valence-electron chi connectivity index (χ3n) is 3.13. The van der Waals surface area contributed by atoms with E-state index in [-0.39, 0.29) is 17.9 Å². The predicted octanol–water partition coefficient (Wildman–Crippen LogP) is 4.32. The number of hydrogen-bond donors (Lipinski definition) is 1. The fraction of sp³-hybridized carbons (Fsp3) is 0.588. The molecule has 0 radical (unpaired) electrons. The molecule has 0 saturated carbocycles. The fourth-order valence-corrected chi connectivity index (χ4v) is 2.15. The SMILES string of the molecule is CCCC(C)N(Cc1cccc(O)c1)C(=O)OC(C)(C)C. The number of carbonyl (C=O) groups excluding carboxylic acids is 1. The largest absolute Gasteiger partial charge is 0.508 e. The van der Waals surface area contributed by atoms with E-state index in [0.717, 1.165) is 18.4 Å². The highest BCUT2D eigenvalue weighted by atomic mass is 16.6. The van der Waals surface area contributed by atoms with Crippen LogP contribution >= 0.6 is 0 Å². The Morgan fingerprint density at radius 3 is 2.57 bits per heavy atom. The summed E-state index contributed by atoms with van der Waals surface area (Å²) in [5.74, 6) is 0.208. The van der Waals surface area contributed by atoms with Gasteiger partial charge in [0.15, 0.2) is 0 Å². The van der Waals surface area contributed by atoms with Crippen molar-refractivity contribution in [2.45, 2.75) is 65.6 Å². The first-order valence-corrected chi connectivity index (χ1v) is 7.50. The molecule has 118 valence electrons. The molecule has 0 saturated heterocycles. The Bertz CT molecular complexity index is 465. The third-order valence-corrected chi connectivity index (χ3v) is 3.13. The molecule has 4 nitrogen and oxygen atoms in total. The fourth-order valence-electron chi connectivity index (χ4n) is 2.15. The van der Waals surface area contributed by atoms with Crippen molar-refractivity contribution in [1.29, 1.82) is 0 Å². The highest BCUT2D eigenvalue weighted by Crippen LogP contribution is 2.19. The Hall–Kier alpha value is -1.71. The zero-order chi connectivity index (χ0) is 16.0. The van der Waals surface area contributed by atoms with Gasteiger partial charge in [-0.05, 0) is 51.8 Å². The smallest absolute Gasteiger partial charge is 0.410 e. The molecule has 1 aromatic rings. The summed E-state index contributed by atoms with van der Waals surface area (Å²) in [4.78, 5) is 14.1. The lowest BCUT2D eigenvalue weighted by atomic mass is 10.1. The van der Waals surface area contributed by atoms with Crippen molar-refractivity contribution in [3.63, 3.8) is 0 Å². The lowest BCUT2D eigenvalue weighted by molar-refractivity contribution is 0.0147. The van der Waals surface area contributed by atoms with Crippen LogP contribution in [0, 0.1) is 0 Å². The van der Waals surface area contributed by atoms with Crippen LogP contribution in [0.25, 0.3) is 0 Å². The Morgan fingerprint density at radius 2 is 2.05 bits per heavy atom. The van der Waals surface area contributed by atoms with Crippen LogP contribution in [-0.2, 0) is 11.3 Å². The number of rotatable bonds is 5. The number of aromatic hydroxyl groups is 1. The molecule has 0 bridgehead atoms. The molecule has 0 aromatic heterocycles. The summed E-state index contributed by atoms with van der Waals surface area (Å²) < 4.78 is 5.49. The highest BCUT2D eigenvalue weighted by molar-refractivity contribution is 5.68. The summed E-state index contributed by atoms with van der Waals surface area (Å²) in [6, 6.07) is 7.07. The molecule has 1 atom stereocenters. The topological polar surface area (TPSA) is 49.8 Å². The van der Waals surface area contributed by atoms with Crippen LogP contribution in [0.4, 0.5) is 4.79 Å². The van der Waals surface area contributed by atoms with Crippen molar-refractivity contribution in [3.8, 4) is 5.75 Å². The van der Waals surface area contributed by atoms with Gasteiger partial charge in [-0.15, -0.1) is 0 Å². The van der Waals surface area contributed by atoms with E-state index in [4.69, 9.17) is 4.74 Å². The standard InChI is InChI=1S/C17H27NO3/c1-6-8-13(2)18(16(20)21-17(3,4)5)12-14-9-7-10-15(19)11-14/h7,9-11,13,19H,6,8,12H2,1-5H3. The van der Waals surface area contributed by atoms with Crippen molar-refractivity contribution in [3.05, 3.63) is 29.8 Å². The van der Waals surface area contributed by atoms with Crippen LogP contribution in [0.15, 0.2) is 24.3 Å². The molecule has 0 fully saturated rings. The first kappa shape index (κ1) is 17.3. The maximum Gasteiger partial charge on any atom is 0.410 e. The molecule has 0 spiro atoms. The van der Waals surface area contributed by atoms with Crippen LogP contribution in [0.1, 0.15) is 53.0 Å². The molecule has 0 aliphatic carbocycles.